The second kappa shape index (κ2) is 7.80. The number of phenolic OH excluding ortho intramolecular Hbond substituents is 1. The number of methoxy groups -OCH3 is 1. The second-order valence-corrected chi connectivity index (χ2v) is 5.05. The molecule has 7 heteroatoms. The van der Waals surface area contributed by atoms with Gasteiger partial charge in [0.25, 0.3) is 0 Å². The molecule has 0 spiro atoms. The maximum absolute atomic E-state index is 9.65. The monoisotopic (exact) mass is 309 g/mol. The van der Waals surface area contributed by atoms with Crippen LogP contribution in [0.3, 0.4) is 0 Å². The number of hydrogen-bond donors (Lipinski definition) is 3. The summed E-state index contributed by atoms with van der Waals surface area (Å²) in [5.74, 6) is 0.495. The Morgan fingerprint density at radius 3 is 3.14 bits per heavy atom. The third kappa shape index (κ3) is 4.87. The lowest BCUT2D eigenvalue weighted by Gasteiger charge is -2.11. The van der Waals surface area contributed by atoms with Crippen LogP contribution in [0.4, 0.5) is 0 Å². The molecule has 114 valence electrons. The van der Waals surface area contributed by atoms with E-state index < -0.39 is 0 Å². The summed E-state index contributed by atoms with van der Waals surface area (Å²) < 4.78 is 10.5. The first-order valence-electron chi connectivity index (χ1n) is 6.74. The van der Waals surface area contributed by atoms with Crippen LogP contribution in [-0.4, -0.2) is 42.8 Å². The number of nitrogens with zero attached hydrogens (tertiary/aromatic N) is 1. The van der Waals surface area contributed by atoms with Crippen molar-refractivity contribution in [2.75, 3.05) is 20.3 Å². The van der Waals surface area contributed by atoms with Crippen LogP contribution >= 0.6 is 12.2 Å². The molecule has 1 saturated heterocycles. The Morgan fingerprint density at radius 1 is 1.62 bits per heavy atom. The molecule has 0 aliphatic carbocycles. The van der Waals surface area contributed by atoms with Gasteiger partial charge in [0.05, 0.1) is 19.4 Å². The summed E-state index contributed by atoms with van der Waals surface area (Å²) in [6.45, 7) is 1.51. The van der Waals surface area contributed by atoms with Gasteiger partial charge in [0.2, 0.25) is 0 Å². The highest BCUT2D eigenvalue weighted by atomic mass is 32.1. The molecule has 1 aromatic carbocycles. The molecule has 1 atom stereocenters. The number of phenols is 1. The lowest BCUT2D eigenvalue weighted by Crippen LogP contribution is -2.37. The van der Waals surface area contributed by atoms with E-state index in [2.05, 4.69) is 15.8 Å². The Bertz CT molecular complexity index is 516. The molecule has 2 rings (SSSR count). The predicted molar refractivity (Wildman–Crippen MR) is 85.0 cm³/mol. The summed E-state index contributed by atoms with van der Waals surface area (Å²) in [6.07, 6.45) is 3.96. The third-order valence-corrected chi connectivity index (χ3v) is 3.33. The molecule has 0 bridgehead atoms. The van der Waals surface area contributed by atoms with Crippen LogP contribution in [0.2, 0.25) is 0 Å². The van der Waals surface area contributed by atoms with Gasteiger partial charge in [-0.3, -0.25) is 5.43 Å². The van der Waals surface area contributed by atoms with E-state index in [1.807, 2.05) is 0 Å². The van der Waals surface area contributed by atoms with Crippen molar-refractivity contribution in [3.05, 3.63) is 23.8 Å². The first kappa shape index (κ1) is 15.5. The van der Waals surface area contributed by atoms with E-state index in [0.29, 0.717) is 17.4 Å². The number of hydrazone groups is 1. The van der Waals surface area contributed by atoms with E-state index in [-0.39, 0.29) is 11.9 Å². The SMILES string of the molecule is COc1ccc(C=NNC(=S)NCC2CCCO2)cc1O. The Labute approximate surface area is 129 Å². The average Bonchev–Trinajstić information content (AvgIpc) is 2.99. The highest BCUT2D eigenvalue weighted by Gasteiger charge is 2.14. The first-order chi connectivity index (χ1) is 10.2. The van der Waals surface area contributed by atoms with Crippen molar-refractivity contribution in [3.63, 3.8) is 0 Å². The van der Waals surface area contributed by atoms with E-state index in [1.54, 1.807) is 24.4 Å². The van der Waals surface area contributed by atoms with Crippen molar-refractivity contribution in [2.45, 2.75) is 18.9 Å². The van der Waals surface area contributed by atoms with Crippen LogP contribution in [0.1, 0.15) is 18.4 Å². The lowest BCUT2D eigenvalue weighted by atomic mass is 10.2. The van der Waals surface area contributed by atoms with Crippen LogP contribution in [0.25, 0.3) is 0 Å². The van der Waals surface area contributed by atoms with Crippen molar-refractivity contribution in [2.24, 2.45) is 5.10 Å². The van der Waals surface area contributed by atoms with E-state index in [9.17, 15) is 5.11 Å². The Morgan fingerprint density at radius 2 is 2.48 bits per heavy atom. The summed E-state index contributed by atoms with van der Waals surface area (Å²) in [4.78, 5) is 0. The minimum absolute atomic E-state index is 0.0699. The predicted octanol–water partition coefficient (Wildman–Crippen LogP) is 1.38. The molecule has 1 heterocycles. The van der Waals surface area contributed by atoms with Crippen LogP contribution in [0.15, 0.2) is 23.3 Å². The second-order valence-electron chi connectivity index (χ2n) is 4.65. The highest BCUT2D eigenvalue weighted by Crippen LogP contribution is 2.25. The van der Waals surface area contributed by atoms with Gasteiger partial charge < -0.3 is 19.9 Å². The Balaban J connectivity index is 1.76. The standard InChI is InChI=1S/C14H19N3O3S/c1-19-13-5-4-10(7-12(13)18)8-16-17-14(21)15-9-11-3-2-6-20-11/h4-5,7-8,11,18H,2-3,6,9H2,1H3,(H2,15,17,21). The molecular weight excluding hydrogens is 290 g/mol. The average molecular weight is 309 g/mol. The van der Waals surface area contributed by atoms with Crippen LogP contribution in [-0.2, 0) is 4.74 Å². The van der Waals surface area contributed by atoms with E-state index in [4.69, 9.17) is 21.7 Å². The lowest BCUT2D eigenvalue weighted by molar-refractivity contribution is 0.114. The fraction of sp³-hybridized carbons (Fsp3) is 0.429. The van der Waals surface area contributed by atoms with Crippen molar-refractivity contribution in [3.8, 4) is 11.5 Å². The molecule has 0 radical (unpaired) electrons. The molecule has 1 aliphatic rings. The zero-order valence-corrected chi connectivity index (χ0v) is 12.7. The number of ether oxygens (including phenoxy) is 2. The fourth-order valence-corrected chi connectivity index (χ4v) is 2.14. The van der Waals surface area contributed by atoms with Crippen molar-refractivity contribution >= 4 is 23.5 Å². The molecule has 0 amide bonds. The van der Waals surface area contributed by atoms with Crippen LogP contribution in [0.5, 0.6) is 11.5 Å². The van der Waals surface area contributed by atoms with Gasteiger partial charge in [-0.2, -0.15) is 5.10 Å². The smallest absolute Gasteiger partial charge is 0.187 e. The van der Waals surface area contributed by atoms with E-state index in [1.165, 1.54) is 7.11 Å². The van der Waals surface area contributed by atoms with Gasteiger partial charge in [-0.15, -0.1) is 0 Å². The minimum atomic E-state index is 0.0699. The van der Waals surface area contributed by atoms with Gasteiger partial charge >= 0.3 is 0 Å². The molecule has 3 N–H and O–H groups in total. The molecule has 1 fully saturated rings. The maximum atomic E-state index is 9.65. The van der Waals surface area contributed by atoms with Crippen LogP contribution < -0.4 is 15.5 Å². The van der Waals surface area contributed by atoms with Gasteiger partial charge in [-0.25, -0.2) is 0 Å². The molecule has 0 saturated carbocycles. The fourth-order valence-electron chi connectivity index (χ4n) is 2.00. The van der Waals surface area contributed by atoms with Gasteiger partial charge in [0.15, 0.2) is 16.6 Å². The largest absolute Gasteiger partial charge is 0.504 e. The number of rotatable bonds is 5. The molecule has 0 aromatic heterocycles. The summed E-state index contributed by atoms with van der Waals surface area (Å²) in [6, 6.07) is 5.02. The molecule has 21 heavy (non-hydrogen) atoms. The van der Waals surface area contributed by atoms with Gasteiger partial charge in [0, 0.05) is 13.2 Å². The quantitative estimate of drug-likeness (QED) is 0.433. The number of benzene rings is 1. The molecule has 6 nitrogen and oxygen atoms in total. The Kier molecular flexibility index (Phi) is 5.77. The van der Waals surface area contributed by atoms with Gasteiger partial charge in [-0.1, -0.05) is 0 Å². The van der Waals surface area contributed by atoms with Crippen molar-refractivity contribution in [1.29, 1.82) is 0 Å². The molecule has 1 aliphatic heterocycles. The zero-order chi connectivity index (χ0) is 15.1. The first-order valence-corrected chi connectivity index (χ1v) is 7.15. The van der Waals surface area contributed by atoms with Gasteiger partial charge in [0.1, 0.15) is 0 Å². The summed E-state index contributed by atoms with van der Waals surface area (Å²) in [7, 11) is 1.50. The topological polar surface area (TPSA) is 75.1 Å². The molecule has 1 unspecified atom stereocenters. The summed E-state index contributed by atoms with van der Waals surface area (Å²) >= 11 is 5.11. The van der Waals surface area contributed by atoms with Gasteiger partial charge in [-0.05, 0) is 48.8 Å². The van der Waals surface area contributed by atoms with E-state index >= 15 is 0 Å². The maximum Gasteiger partial charge on any atom is 0.187 e. The summed E-state index contributed by atoms with van der Waals surface area (Å²) in [5, 5.41) is 17.2. The number of nitrogens with one attached hydrogen (secondary N) is 2. The number of aromatic hydroxyl groups is 1. The minimum Gasteiger partial charge on any atom is -0.504 e. The number of hydrogen-bond acceptors (Lipinski definition) is 5. The van der Waals surface area contributed by atoms with E-state index in [0.717, 1.165) is 25.0 Å². The van der Waals surface area contributed by atoms with Crippen molar-refractivity contribution < 1.29 is 14.6 Å². The third-order valence-electron chi connectivity index (χ3n) is 3.10. The zero-order valence-electron chi connectivity index (χ0n) is 11.8. The molecule has 1 aromatic rings. The van der Waals surface area contributed by atoms with Crippen molar-refractivity contribution in [1.82, 2.24) is 10.7 Å². The normalized spacial score (nSPS) is 17.9. The highest BCUT2D eigenvalue weighted by molar-refractivity contribution is 7.80. The number of thiocarbonyl (C=S) groups is 1. The Hall–Kier alpha value is -1.86. The summed E-state index contributed by atoms with van der Waals surface area (Å²) in [5.41, 5.74) is 3.46. The molecular formula is C14H19N3O3S. The van der Waals surface area contributed by atoms with Crippen LogP contribution in [0, 0.1) is 0 Å².